The van der Waals surface area contributed by atoms with E-state index >= 15 is 0 Å². The number of nitrogens with one attached hydrogen (secondary N) is 1. The zero-order valence-electron chi connectivity index (χ0n) is 11.4. The van der Waals surface area contributed by atoms with E-state index in [2.05, 4.69) is 53.8 Å². The Hall–Kier alpha value is -1.61. The zero-order valence-corrected chi connectivity index (χ0v) is 11.4. The minimum Gasteiger partial charge on any atom is -0.331 e. The third kappa shape index (κ3) is 2.62. The van der Waals surface area contributed by atoms with Crippen LogP contribution in [0.3, 0.4) is 0 Å². The minimum absolute atomic E-state index is 0.913. The van der Waals surface area contributed by atoms with E-state index in [-0.39, 0.29) is 0 Å². The molecule has 18 heavy (non-hydrogen) atoms. The molecule has 0 spiro atoms. The third-order valence-corrected chi connectivity index (χ3v) is 3.18. The largest absolute Gasteiger partial charge is 0.331 e. The Balaban J connectivity index is 2.37. The summed E-state index contributed by atoms with van der Waals surface area (Å²) in [7, 11) is 0. The van der Waals surface area contributed by atoms with Gasteiger partial charge in [0.2, 0.25) is 0 Å². The first-order valence-corrected chi connectivity index (χ1v) is 6.58. The predicted octanol–water partition coefficient (Wildman–Crippen LogP) is 2.99. The maximum Gasteiger partial charge on any atom is 0.140 e. The standard InChI is InChI=1S/C15H21N3/c1-4-16-11-13-7-6-12(3)14(10-13)15-17-8-9-18(15)5-2/h6-10,16H,4-5,11H2,1-3H3. The third-order valence-electron chi connectivity index (χ3n) is 3.18. The molecule has 0 atom stereocenters. The fraction of sp³-hybridized carbons (Fsp3) is 0.400. The summed E-state index contributed by atoms with van der Waals surface area (Å²) >= 11 is 0. The lowest BCUT2D eigenvalue weighted by atomic mass is 10.0. The molecule has 1 heterocycles. The molecule has 3 nitrogen and oxygen atoms in total. The van der Waals surface area contributed by atoms with Gasteiger partial charge in [-0.05, 0) is 37.6 Å². The number of hydrogen-bond acceptors (Lipinski definition) is 2. The van der Waals surface area contributed by atoms with Crippen molar-refractivity contribution in [2.75, 3.05) is 6.54 Å². The van der Waals surface area contributed by atoms with Crippen LogP contribution in [0.25, 0.3) is 11.4 Å². The average Bonchev–Trinajstić information content (AvgIpc) is 2.86. The summed E-state index contributed by atoms with van der Waals surface area (Å²) in [5, 5.41) is 3.36. The molecule has 2 aromatic rings. The quantitative estimate of drug-likeness (QED) is 0.875. The maximum absolute atomic E-state index is 4.48. The SMILES string of the molecule is CCNCc1ccc(C)c(-c2nccn2CC)c1. The molecule has 1 aromatic heterocycles. The van der Waals surface area contributed by atoms with Crippen molar-refractivity contribution in [3.8, 4) is 11.4 Å². The van der Waals surface area contributed by atoms with Crippen molar-refractivity contribution in [1.82, 2.24) is 14.9 Å². The first kappa shape index (κ1) is 12.8. The molecule has 0 aliphatic carbocycles. The van der Waals surface area contributed by atoms with Gasteiger partial charge in [0.1, 0.15) is 5.82 Å². The van der Waals surface area contributed by atoms with E-state index in [1.807, 2.05) is 12.4 Å². The highest BCUT2D eigenvalue weighted by molar-refractivity contribution is 5.61. The second-order valence-corrected chi connectivity index (χ2v) is 4.47. The van der Waals surface area contributed by atoms with Gasteiger partial charge in [-0.15, -0.1) is 0 Å². The zero-order chi connectivity index (χ0) is 13.0. The molecule has 0 bridgehead atoms. The van der Waals surface area contributed by atoms with Crippen molar-refractivity contribution >= 4 is 0 Å². The van der Waals surface area contributed by atoms with Crippen LogP contribution >= 0.6 is 0 Å². The second kappa shape index (κ2) is 5.83. The van der Waals surface area contributed by atoms with Crippen LogP contribution in [0, 0.1) is 6.92 Å². The lowest BCUT2D eigenvalue weighted by Crippen LogP contribution is -2.11. The molecular weight excluding hydrogens is 222 g/mol. The Bertz CT molecular complexity index is 514. The molecule has 0 fully saturated rings. The second-order valence-electron chi connectivity index (χ2n) is 4.47. The monoisotopic (exact) mass is 243 g/mol. The highest BCUT2D eigenvalue weighted by Crippen LogP contribution is 2.23. The summed E-state index contributed by atoms with van der Waals surface area (Å²) in [6.07, 6.45) is 3.90. The van der Waals surface area contributed by atoms with Crippen molar-refractivity contribution < 1.29 is 0 Å². The molecule has 0 unspecified atom stereocenters. The highest BCUT2D eigenvalue weighted by atomic mass is 15.1. The number of hydrogen-bond donors (Lipinski definition) is 1. The van der Waals surface area contributed by atoms with Crippen LogP contribution in [-0.4, -0.2) is 16.1 Å². The van der Waals surface area contributed by atoms with E-state index in [0.717, 1.165) is 25.5 Å². The number of aryl methyl sites for hydroxylation is 2. The van der Waals surface area contributed by atoms with Gasteiger partial charge >= 0.3 is 0 Å². The summed E-state index contributed by atoms with van der Waals surface area (Å²) in [5.74, 6) is 1.06. The summed E-state index contributed by atoms with van der Waals surface area (Å²) < 4.78 is 2.18. The van der Waals surface area contributed by atoms with Gasteiger partial charge < -0.3 is 9.88 Å². The first-order valence-electron chi connectivity index (χ1n) is 6.58. The fourth-order valence-corrected chi connectivity index (χ4v) is 2.10. The van der Waals surface area contributed by atoms with Crippen molar-refractivity contribution in [2.24, 2.45) is 0 Å². The summed E-state index contributed by atoms with van der Waals surface area (Å²) in [6, 6.07) is 6.60. The molecule has 1 aromatic carbocycles. The maximum atomic E-state index is 4.48. The van der Waals surface area contributed by atoms with Gasteiger partial charge in [-0.3, -0.25) is 0 Å². The van der Waals surface area contributed by atoms with Gasteiger partial charge in [0.25, 0.3) is 0 Å². The molecule has 0 saturated heterocycles. The topological polar surface area (TPSA) is 29.9 Å². The number of aromatic nitrogens is 2. The van der Waals surface area contributed by atoms with Crippen LogP contribution < -0.4 is 5.32 Å². The normalized spacial score (nSPS) is 10.8. The molecule has 0 aliphatic rings. The summed E-state index contributed by atoms with van der Waals surface area (Å²) in [4.78, 5) is 4.48. The minimum atomic E-state index is 0.913. The Kier molecular flexibility index (Phi) is 4.15. The Morgan fingerprint density at radius 3 is 2.83 bits per heavy atom. The van der Waals surface area contributed by atoms with Gasteiger partial charge in [-0.2, -0.15) is 0 Å². The molecule has 0 radical (unpaired) electrons. The Labute approximate surface area is 109 Å². The fourth-order valence-electron chi connectivity index (χ4n) is 2.10. The molecule has 2 rings (SSSR count). The number of benzene rings is 1. The van der Waals surface area contributed by atoms with Crippen LogP contribution in [0.1, 0.15) is 25.0 Å². The van der Waals surface area contributed by atoms with Gasteiger partial charge in [0, 0.05) is 31.0 Å². The lowest BCUT2D eigenvalue weighted by Gasteiger charge is -2.10. The van der Waals surface area contributed by atoms with E-state index in [1.165, 1.54) is 16.7 Å². The summed E-state index contributed by atoms with van der Waals surface area (Å²) in [6.45, 7) is 9.26. The van der Waals surface area contributed by atoms with Gasteiger partial charge in [0.15, 0.2) is 0 Å². The van der Waals surface area contributed by atoms with Crippen LogP contribution in [0.2, 0.25) is 0 Å². The predicted molar refractivity (Wildman–Crippen MR) is 75.5 cm³/mol. The van der Waals surface area contributed by atoms with Gasteiger partial charge in [0.05, 0.1) is 0 Å². The van der Waals surface area contributed by atoms with E-state index < -0.39 is 0 Å². The Morgan fingerprint density at radius 2 is 2.11 bits per heavy atom. The van der Waals surface area contributed by atoms with Crippen LogP contribution in [0.5, 0.6) is 0 Å². The van der Waals surface area contributed by atoms with E-state index in [4.69, 9.17) is 0 Å². The Morgan fingerprint density at radius 1 is 1.28 bits per heavy atom. The molecule has 3 heteroatoms. The van der Waals surface area contributed by atoms with Crippen molar-refractivity contribution in [3.63, 3.8) is 0 Å². The lowest BCUT2D eigenvalue weighted by molar-refractivity contribution is 0.726. The van der Waals surface area contributed by atoms with Crippen molar-refractivity contribution in [3.05, 3.63) is 41.7 Å². The van der Waals surface area contributed by atoms with Crippen molar-refractivity contribution in [2.45, 2.75) is 33.9 Å². The average molecular weight is 243 g/mol. The molecule has 1 N–H and O–H groups in total. The van der Waals surface area contributed by atoms with Crippen molar-refractivity contribution in [1.29, 1.82) is 0 Å². The van der Waals surface area contributed by atoms with Crippen LogP contribution in [-0.2, 0) is 13.1 Å². The number of nitrogens with zero attached hydrogens (tertiary/aromatic N) is 2. The van der Waals surface area contributed by atoms with Gasteiger partial charge in [-0.25, -0.2) is 4.98 Å². The molecule has 96 valence electrons. The molecule has 0 amide bonds. The smallest absolute Gasteiger partial charge is 0.140 e. The highest BCUT2D eigenvalue weighted by Gasteiger charge is 2.08. The van der Waals surface area contributed by atoms with Crippen LogP contribution in [0.15, 0.2) is 30.6 Å². The van der Waals surface area contributed by atoms with Gasteiger partial charge in [-0.1, -0.05) is 19.1 Å². The van der Waals surface area contributed by atoms with Crippen LogP contribution in [0.4, 0.5) is 0 Å². The molecule has 0 saturated carbocycles. The van der Waals surface area contributed by atoms with E-state index in [1.54, 1.807) is 0 Å². The summed E-state index contributed by atoms with van der Waals surface area (Å²) in [5.41, 5.74) is 3.82. The van der Waals surface area contributed by atoms with E-state index in [0.29, 0.717) is 0 Å². The number of rotatable bonds is 5. The van der Waals surface area contributed by atoms with E-state index in [9.17, 15) is 0 Å². The molecule has 0 aliphatic heterocycles. The molecular formula is C15H21N3. The first-order chi connectivity index (χ1) is 8.76. The number of imidazole rings is 1.